The second-order valence-corrected chi connectivity index (χ2v) is 5.86. The summed E-state index contributed by atoms with van der Waals surface area (Å²) in [5.74, 6) is 1.79. The van der Waals surface area contributed by atoms with Gasteiger partial charge in [-0.3, -0.25) is 0 Å². The summed E-state index contributed by atoms with van der Waals surface area (Å²) in [7, 11) is 4.30. The van der Waals surface area contributed by atoms with Crippen LogP contribution < -0.4 is 0 Å². The largest absolute Gasteiger partial charge is 0.508 e. The third-order valence-corrected chi connectivity index (χ3v) is 4.10. The van der Waals surface area contributed by atoms with Crippen LogP contribution in [0.1, 0.15) is 43.6 Å². The number of phenolic OH excluding ortho intramolecular Hbond substituents is 1. The molecule has 0 amide bonds. The summed E-state index contributed by atoms with van der Waals surface area (Å²) in [6.07, 6.45) is 6.89. The first-order chi connectivity index (χ1) is 8.66. The van der Waals surface area contributed by atoms with Crippen LogP contribution in [0, 0.1) is 5.92 Å². The van der Waals surface area contributed by atoms with Gasteiger partial charge in [-0.25, -0.2) is 0 Å². The highest BCUT2D eigenvalue weighted by atomic mass is 16.3. The van der Waals surface area contributed by atoms with Crippen LogP contribution in [0.3, 0.4) is 0 Å². The van der Waals surface area contributed by atoms with Crippen LogP contribution in [0.5, 0.6) is 5.75 Å². The molecule has 0 aromatic heterocycles. The molecule has 1 aromatic rings. The van der Waals surface area contributed by atoms with Crippen molar-refractivity contribution >= 4 is 0 Å². The van der Waals surface area contributed by atoms with E-state index in [2.05, 4.69) is 31.1 Å². The molecule has 1 fully saturated rings. The Morgan fingerprint density at radius 2 is 1.72 bits per heavy atom. The van der Waals surface area contributed by atoms with Crippen LogP contribution in [-0.2, 0) is 0 Å². The molecule has 2 nitrogen and oxygen atoms in total. The molecule has 0 heterocycles. The van der Waals surface area contributed by atoms with Gasteiger partial charge in [-0.1, -0.05) is 31.4 Å². The zero-order valence-electron chi connectivity index (χ0n) is 11.6. The van der Waals surface area contributed by atoms with Gasteiger partial charge >= 0.3 is 0 Å². The van der Waals surface area contributed by atoms with E-state index >= 15 is 0 Å². The van der Waals surface area contributed by atoms with Crippen LogP contribution in [0.2, 0.25) is 0 Å². The van der Waals surface area contributed by atoms with E-state index in [1.807, 2.05) is 12.1 Å². The Balaban J connectivity index is 2.15. The molecule has 0 radical (unpaired) electrons. The van der Waals surface area contributed by atoms with Crippen LogP contribution >= 0.6 is 0 Å². The number of hydrogen-bond acceptors (Lipinski definition) is 2. The summed E-state index contributed by atoms with van der Waals surface area (Å²) < 4.78 is 0. The van der Waals surface area contributed by atoms with E-state index in [-0.39, 0.29) is 0 Å². The van der Waals surface area contributed by atoms with E-state index in [1.165, 1.54) is 37.7 Å². The van der Waals surface area contributed by atoms with Crippen molar-refractivity contribution in [1.82, 2.24) is 4.90 Å². The normalized spacial score (nSPS) is 19.1. The van der Waals surface area contributed by atoms with Crippen molar-refractivity contribution in [2.75, 3.05) is 20.6 Å². The van der Waals surface area contributed by atoms with Crippen molar-refractivity contribution in [3.8, 4) is 5.75 Å². The first kappa shape index (κ1) is 13.4. The highest BCUT2D eigenvalue weighted by molar-refractivity contribution is 5.29. The average molecular weight is 247 g/mol. The number of likely N-dealkylation sites (N-methyl/N-ethyl adjacent to an activating group) is 1. The number of hydrogen-bond donors (Lipinski definition) is 1. The minimum absolute atomic E-state index is 0.367. The van der Waals surface area contributed by atoms with Crippen molar-refractivity contribution in [1.29, 1.82) is 0 Å². The molecule has 1 aliphatic rings. The van der Waals surface area contributed by atoms with Gasteiger partial charge in [0.15, 0.2) is 0 Å². The van der Waals surface area contributed by atoms with Crippen molar-refractivity contribution in [2.24, 2.45) is 5.92 Å². The SMILES string of the molecule is CN(C)C[C@H](c1ccc(O)cc1)C1CCCCC1. The fourth-order valence-electron chi connectivity index (χ4n) is 3.18. The second-order valence-electron chi connectivity index (χ2n) is 5.86. The summed E-state index contributed by atoms with van der Waals surface area (Å²) in [6, 6.07) is 7.83. The van der Waals surface area contributed by atoms with Gasteiger partial charge in [0, 0.05) is 6.54 Å². The van der Waals surface area contributed by atoms with Gasteiger partial charge in [-0.2, -0.15) is 0 Å². The van der Waals surface area contributed by atoms with Gasteiger partial charge < -0.3 is 10.0 Å². The first-order valence-corrected chi connectivity index (χ1v) is 7.10. The van der Waals surface area contributed by atoms with E-state index < -0.39 is 0 Å². The number of phenols is 1. The maximum atomic E-state index is 9.42. The zero-order chi connectivity index (χ0) is 13.0. The molecule has 1 N–H and O–H groups in total. The van der Waals surface area contributed by atoms with E-state index in [4.69, 9.17) is 0 Å². The lowest BCUT2D eigenvalue weighted by molar-refractivity contribution is 0.253. The molecule has 0 unspecified atom stereocenters. The molecule has 2 rings (SSSR count). The van der Waals surface area contributed by atoms with Gasteiger partial charge in [-0.05, 0) is 56.5 Å². The average Bonchev–Trinajstić information content (AvgIpc) is 2.38. The Bertz CT molecular complexity index is 352. The van der Waals surface area contributed by atoms with Crippen molar-refractivity contribution in [3.63, 3.8) is 0 Å². The molecule has 0 bridgehead atoms. The molecule has 1 aliphatic carbocycles. The Kier molecular flexibility index (Phi) is 4.65. The van der Waals surface area contributed by atoms with Gasteiger partial charge in [0.25, 0.3) is 0 Å². The van der Waals surface area contributed by atoms with E-state index in [0.717, 1.165) is 12.5 Å². The number of benzene rings is 1. The Morgan fingerprint density at radius 3 is 2.28 bits per heavy atom. The maximum absolute atomic E-state index is 9.42. The van der Waals surface area contributed by atoms with Gasteiger partial charge in [-0.15, -0.1) is 0 Å². The number of nitrogens with zero attached hydrogens (tertiary/aromatic N) is 1. The van der Waals surface area contributed by atoms with Crippen LogP contribution in [0.4, 0.5) is 0 Å². The summed E-state index contributed by atoms with van der Waals surface area (Å²) in [5, 5.41) is 9.42. The van der Waals surface area contributed by atoms with Gasteiger partial charge in [0.05, 0.1) is 0 Å². The molecule has 0 aliphatic heterocycles. The number of rotatable bonds is 4. The molecule has 0 spiro atoms. The third-order valence-electron chi connectivity index (χ3n) is 4.10. The molecule has 1 saturated carbocycles. The van der Waals surface area contributed by atoms with Gasteiger partial charge in [0.2, 0.25) is 0 Å². The fraction of sp³-hybridized carbons (Fsp3) is 0.625. The smallest absolute Gasteiger partial charge is 0.115 e. The number of aromatic hydroxyl groups is 1. The monoisotopic (exact) mass is 247 g/mol. The quantitative estimate of drug-likeness (QED) is 0.878. The van der Waals surface area contributed by atoms with Crippen molar-refractivity contribution in [3.05, 3.63) is 29.8 Å². The molecule has 1 atom stereocenters. The minimum Gasteiger partial charge on any atom is -0.508 e. The van der Waals surface area contributed by atoms with Crippen LogP contribution in [0.15, 0.2) is 24.3 Å². The predicted molar refractivity (Wildman–Crippen MR) is 76.0 cm³/mol. The molecule has 2 heteroatoms. The molecular formula is C16H25NO. The van der Waals surface area contributed by atoms with Gasteiger partial charge in [0.1, 0.15) is 5.75 Å². The van der Waals surface area contributed by atoms with Crippen LogP contribution in [-0.4, -0.2) is 30.6 Å². The Hall–Kier alpha value is -1.02. The molecule has 100 valence electrons. The lowest BCUT2D eigenvalue weighted by Crippen LogP contribution is -2.27. The summed E-state index contributed by atoms with van der Waals surface area (Å²) >= 11 is 0. The second kappa shape index (κ2) is 6.24. The van der Waals surface area contributed by atoms with Crippen molar-refractivity contribution < 1.29 is 5.11 Å². The van der Waals surface area contributed by atoms with E-state index in [9.17, 15) is 5.11 Å². The molecule has 1 aromatic carbocycles. The fourth-order valence-corrected chi connectivity index (χ4v) is 3.18. The lowest BCUT2D eigenvalue weighted by atomic mass is 9.76. The maximum Gasteiger partial charge on any atom is 0.115 e. The molecule has 0 saturated heterocycles. The Morgan fingerprint density at radius 1 is 1.11 bits per heavy atom. The van der Waals surface area contributed by atoms with E-state index in [0.29, 0.717) is 11.7 Å². The Labute approximate surface area is 111 Å². The predicted octanol–water partition coefficient (Wildman–Crippen LogP) is 3.62. The standard InChI is InChI=1S/C16H25NO/c1-17(2)12-16(13-6-4-3-5-7-13)14-8-10-15(18)11-9-14/h8-11,13,16,18H,3-7,12H2,1-2H3/t16-/m0/s1. The summed E-state index contributed by atoms with van der Waals surface area (Å²) in [6.45, 7) is 1.11. The lowest BCUT2D eigenvalue weighted by Gasteiger charge is -2.32. The third kappa shape index (κ3) is 3.49. The van der Waals surface area contributed by atoms with Crippen LogP contribution in [0.25, 0.3) is 0 Å². The highest BCUT2D eigenvalue weighted by Gasteiger charge is 2.25. The first-order valence-electron chi connectivity index (χ1n) is 7.10. The minimum atomic E-state index is 0.367. The topological polar surface area (TPSA) is 23.5 Å². The molecule has 18 heavy (non-hydrogen) atoms. The van der Waals surface area contributed by atoms with E-state index in [1.54, 1.807) is 0 Å². The molecular weight excluding hydrogens is 222 g/mol. The van der Waals surface area contributed by atoms with Crippen molar-refractivity contribution in [2.45, 2.75) is 38.0 Å². The highest BCUT2D eigenvalue weighted by Crippen LogP contribution is 2.36. The summed E-state index contributed by atoms with van der Waals surface area (Å²) in [4.78, 5) is 2.28. The zero-order valence-corrected chi connectivity index (χ0v) is 11.6. The summed E-state index contributed by atoms with van der Waals surface area (Å²) in [5.41, 5.74) is 1.38.